The molecule has 0 spiro atoms. The second-order valence-electron chi connectivity index (χ2n) is 30.5. The monoisotopic (exact) mass is 1210 g/mol. The van der Waals surface area contributed by atoms with E-state index in [2.05, 4.69) is 39.3 Å². The third kappa shape index (κ3) is 15.1. The molecule has 0 unspecified atom stereocenters. The van der Waals surface area contributed by atoms with Crippen molar-refractivity contribution in [2.45, 2.75) is 234 Å². The van der Waals surface area contributed by atoms with Gasteiger partial charge in [0.25, 0.3) is 0 Å². The average molecular weight is 1210 g/mol. The Morgan fingerprint density at radius 1 is 0.280 bits per heavy atom. The maximum Gasteiger partial charge on any atom is 0.497 e. The van der Waals surface area contributed by atoms with E-state index in [-0.39, 0.29) is 28.4 Å². The van der Waals surface area contributed by atoms with Crippen LogP contribution in [0.1, 0.15) is 111 Å². The van der Waals surface area contributed by atoms with E-state index in [0.717, 1.165) is 15.8 Å². The lowest BCUT2D eigenvalue weighted by molar-refractivity contribution is 0.00578. The Hall–Kier alpha value is -2.73. The summed E-state index contributed by atoms with van der Waals surface area (Å²) in [6, 6.07) is 16.6. The van der Waals surface area contributed by atoms with Crippen LogP contribution in [0.3, 0.4) is 0 Å². The molecular weight excluding hydrogens is 1120 g/mol. The quantitative estimate of drug-likeness (QED) is 0.128. The van der Waals surface area contributed by atoms with Gasteiger partial charge in [-0.1, -0.05) is 120 Å². The van der Waals surface area contributed by atoms with E-state index in [1.165, 1.54) is 12.1 Å². The van der Waals surface area contributed by atoms with Crippen LogP contribution in [0.5, 0.6) is 0 Å². The van der Waals surface area contributed by atoms with Crippen LogP contribution in [-0.2, 0) is 37.2 Å². The van der Waals surface area contributed by atoms with Crippen LogP contribution in [0.15, 0.2) is 60.7 Å². The Labute approximate surface area is 494 Å². The summed E-state index contributed by atoms with van der Waals surface area (Å²) in [7, 11) is -9.88. The normalized spacial score (nSPS) is 21.1. The SMILES string of the molecule is CC1(C)OB(c2cc(F)c([Si](C)(C)C)cc2F)OC1(C)C.CC1(C)OB(c2ccc([Si](C)(C)C)c(F)c2)OC1(C)C.CC1(C)OB(c2ccc([Si](C)(C)C)c(F)c2F)OC1(C)C.CC1(C)OB(c2ccc([Si](C)(C)C)cc2F)OC1(C)C. The molecule has 4 aromatic rings. The van der Waals surface area contributed by atoms with Crippen LogP contribution in [0.25, 0.3) is 0 Å². The minimum atomic E-state index is -1.93. The standard InChI is InChI=1S/2C15H23BF2O2Si.2C15H24BFO2Si/c1-14(2)15(3,4)20-16(19-14)10-8-12(18)13(9-11(10)17)21(5,6)7;1-14(2)15(3,4)20-16(19-14)10-8-9-11(21(5,6)7)13(18)12(10)17;1-14(2)15(3,4)19-16(18-14)11-8-9-13(12(17)10-11)20(5,6)7;1-14(2)15(3,4)19-16(18-14)12-9-8-11(10-13(12)17)20(5,6)7/h2*8-9H,1-7H3;2*8-10H,1-7H3. The maximum absolute atomic E-state index is 14.4. The number of hydrogen-bond acceptors (Lipinski definition) is 8. The lowest BCUT2D eigenvalue weighted by Gasteiger charge is -2.32. The van der Waals surface area contributed by atoms with Crippen molar-refractivity contribution in [3.8, 4) is 0 Å². The predicted octanol–water partition coefficient (Wildman–Crippen LogP) is 11.0. The topological polar surface area (TPSA) is 73.8 Å². The Balaban J connectivity index is 0.000000200. The summed E-state index contributed by atoms with van der Waals surface area (Å²) in [5.41, 5.74) is -2.46. The molecule has 4 fully saturated rings. The van der Waals surface area contributed by atoms with Gasteiger partial charge in [0, 0.05) is 16.4 Å². The molecule has 82 heavy (non-hydrogen) atoms. The summed E-state index contributed by atoms with van der Waals surface area (Å²) in [6.45, 7) is 55.9. The highest BCUT2D eigenvalue weighted by Gasteiger charge is 2.56. The Bertz CT molecular complexity index is 2860. The molecule has 452 valence electrons. The van der Waals surface area contributed by atoms with E-state index in [1.807, 2.05) is 174 Å². The molecular formula is C60H94B4F6O8Si4. The Morgan fingerprint density at radius 3 is 0.951 bits per heavy atom. The lowest BCUT2D eigenvalue weighted by atomic mass is 9.78. The Kier molecular flexibility index (Phi) is 20.0. The zero-order valence-electron chi connectivity index (χ0n) is 54.6. The first-order valence-electron chi connectivity index (χ1n) is 28.6. The average Bonchev–Trinajstić information content (AvgIpc) is 3.95. The summed E-state index contributed by atoms with van der Waals surface area (Å²) in [5, 5.41) is 2.92. The number of halogens is 6. The smallest absolute Gasteiger partial charge is 0.399 e. The molecule has 0 aromatic heterocycles. The second kappa shape index (κ2) is 23.4. The van der Waals surface area contributed by atoms with Crippen molar-refractivity contribution in [2.24, 2.45) is 0 Å². The molecule has 0 atom stereocenters. The van der Waals surface area contributed by atoms with Gasteiger partial charge in [-0.3, -0.25) is 0 Å². The fraction of sp³-hybridized carbons (Fsp3) is 0.600. The van der Waals surface area contributed by atoms with Crippen LogP contribution in [0, 0.1) is 34.9 Å². The summed E-state index contributed by atoms with van der Waals surface area (Å²) >= 11 is 0. The molecule has 0 saturated carbocycles. The van der Waals surface area contributed by atoms with Crippen molar-refractivity contribution < 1.29 is 63.6 Å². The first-order valence-corrected chi connectivity index (χ1v) is 42.6. The lowest BCUT2D eigenvalue weighted by Crippen LogP contribution is -2.45. The van der Waals surface area contributed by atoms with E-state index >= 15 is 0 Å². The van der Waals surface area contributed by atoms with E-state index in [1.54, 1.807) is 24.3 Å². The van der Waals surface area contributed by atoms with Gasteiger partial charge in [-0.15, -0.1) is 0 Å². The molecule has 4 aliphatic heterocycles. The van der Waals surface area contributed by atoms with Crippen molar-refractivity contribution in [1.82, 2.24) is 0 Å². The zero-order chi connectivity index (χ0) is 63.1. The van der Waals surface area contributed by atoms with Crippen molar-refractivity contribution in [3.63, 3.8) is 0 Å². The molecule has 4 heterocycles. The van der Waals surface area contributed by atoms with Crippen LogP contribution in [0.4, 0.5) is 26.3 Å². The minimum absolute atomic E-state index is 0.133. The van der Waals surface area contributed by atoms with Crippen molar-refractivity contribution in [2.75, 3.05) is 0 Å². The highest BCUT2D eigenvalue weighted by molar-refractivity contribution is 6.90. The van der Waals surface area contributed by atoms with Gasteiger partial charge in [0.15, 0.2) is 11.6 Å². The van der Waals surface area contributed by atoms with Gasteiger partial charge in [0.2, 0.25) is 0 Å². The highest BCUT2D eigenvalue weighted by Crippen LogP contribution is 2.40. The molecule has 0 N–H and O–H groups in total. The molecule has 4 aromatic carbocycles. The van der Waals surface area contributed by atoms with Crippen molar-refractivity contribution in [3.05, 3.63) is 95.6 Å². The molecule has 4 aliphatic rings. The summed E-state index contributed by atoms with van der Waals surface area (Å²) < 4.78 is 133. The van der Waals surface area contributed by atoms with Crippen molar-refractivity contribution >= 4 is 103 Å². The van der Waals surface area contributed by atoms with Gasteiger partial charge in [-0.2, -0.15) is 0 Å². The molecule has 0 radical (unpaired) electrons. The molecule has 0 bridgehead atoms. The van der Waals surface area contributed by atoms with Crippen molar-refractivity contribution in [1.29, 1.82) is 0 Å². The van der Waals surface area contributed by atoms with Gasteiger partial charge < -0.3 is 37.2 Å². The largest absolute Gasteiger partial charge is 0.497 e. The highest BCUT2D eigenvalue weighted by atomic mass is 28.3. The Morgan fingerprint density at radius 2 is 0.598 bits per heavy atom. The maximum atomic E-state index is 14.4. The first-order chi connectivity index (χ1) is 36.6. The fourth-order valence-corrected chi connectivity index (χ4v) is 14.2. The van der Waals surface area contributed by atoms with E-state index in [4.69, 9.17) is 37.2 Å². The second-order valence-corrected chi connectivity index (χ2v) is 50.7. The van der Waals surface area contributed by atoms with Gasteiger partial charge in [-0.05, 0) is 156 Å². The molecule has 4 saturated heterocycles. The first kappa shape index (κ1) is 70.0. The van der Waals surface area contributed by atoms with Gasteiger partial charge in [0.05, 0.1) is 77.1 Å². The molecule has 8 nitrogen and oxygen atoms in total. The summed E-state index contributed by atoms with van der Waals surface area (Å²) in [6.07, 6.45) is 0. The van der Waals surface area contributed by atoms with E-state index < -0.39 is 123 Å². The van der Waals surface area contributed by atoms with Gasteiger partial charge >= 0.3 is 28.5 Å². The predicted molar refractivity (Wildman–Crippen MR) is 340 cm³/mol. The number of benzene rings is 4. The molecule has 0 aliphatic carbocycles. The third-order valence-electron chi connectivity index (χ3n) is 17.5. The third-order valence-corrected chi connectivity index (χ3v) is 25.6. The van der Waals surface area contributed by atoms with Gasteiger partial charge in [0.1, 0.15) is 23.3 Å². The van der Waals surface area contributed by atoms with E-state index in [9.17, 15) is 26.3 Å². The molecule has 8 rings (SSSR count). The minimum Gasteiger partial charge on any atom is -0.399 e. The molecule has 0 amide bonds. The number of rotatable bonds is 8. The van der Waals surface area contributed by atoms with Crippen LogP contribution in [0.2, 0.25) is 78.6 Å². The van der Waals surface area contributed by atoms with Crippen LogP contribution in [-0.4, -0.2) is 106 Å². The van der Waals surface area contributed by atoms with E-state index in [0.29, 0.717) is 15.8 Å². The molecule has 22 heteroatoms. The fourth-order valence-electron chi connectivity index (χ4n) is 9.00. The van der Waals surface area contributed by atoms with Crippen LogP contribution >= 0.6 is 0 Å². The summed E-state index contributed by atoms with van der Waals surface area (Å²) in [4.78, 5) is 0. The summed E-state index contributed by atoms with van der Waals surface area (Å²) in [5.74, 6) is -2.83. The number of hydrogen-bond donors (Lipinski definition) is 0. The zero-order valence-corrected chi connectivity index (χ0v) is 58.6. The van der Waals surface area contributed by atoms with Gasteiger partial charge in [-0.25, -0.2) is 26.3 Å². The van der Waals surface area contributed by atoms with Crippen LogP contribution < -0.4 is 42.6 Å².